The lowest BCUT2D eigenvalue weighted by Gasteiger charge is -2.11. The molecule has 7 heteroatoms. The number of benzene rings is 2. The van der Waals surface area contributed by atoms with Crippen molar-refractivity contribution in [2.45, 2.75) is 45.9 Å². The van der Waals surface area contributed by atoms with Gasteiger partial charge in [0.2, 0.25) is 0 Å². The van der Waals surface area contributed by atoms with Crippen LogP contribution in [-0.2, 0) is 25.6 Å². The summed E-state index contributed by atoms with van der Waals surface area (Å²) in [6, 6.07) is 10.6. The van der Waals surface area contributed by atoms with E-state index in [2.05, 4.69) is 0 Å². The van der Waals surface area contributed by atoms with Crippen LogP contribution < -0.4 is 4.74 Å². The molecule has 1 nitrogen and oxygen atoms in total. The van der Waals surface area contributed by atoms with E-state index in [1.165, 1.54) is 12.1 Å². The molecule has 0 aliphatic heterocycles. The summed E-state index contributed by atoms with van der Waals surface area (Å²) in [5.74, 6) is -2.30. The molecule has 30 heavy (non-hydrogen) atoms. The number of thiophene rings is 1. The molecule has 2 aromatic carbocycles. The third kappa shape index (κ3) is 5.01. The van der Waals surface area contributed by atoms with Gasteiger partial charge in [-0.3, -0.25) is 0 Å². The molecule has 0 atom stereocenters. The second kappa shape index (κ2) is 9.16. The smallest absolute Gasteiger partial charge is 0.425 e. The standard InChI is InChI=1S/C23H21F5OS/c1-3-5-15-10-18(24)22(19(25)11-15)29-13-20-17(12-21(30-20)23(26,27)28)16-8-6-14(4-2)7-9-16/h6-12H,3-5,13H2,1-2H3. The van der Waals surface area contributed by atoms with Gasteiger partial charge in [-0.2, -0.15) is 13.2 Å². The Kier molecular flexibility index (Phi) is 6.81. The first-order valence-corrected chi connectivity index (χ1v) is 10.4. The summed E-state index contributed by atoms with van der Waals surface area (Å²) in [5.41, 5.74) is 2.50. The van der Waals surface area contributed by atoms with Crippen LogP contribution in [0.5, 0.6) is 5.75 Å². The number of halogens is 5. The van der Waals surface area contributed by atoms with Gasteiger partial charge in [0.05, 0.1) is 4.88 Å². The highest BCUT2D eigenvalue weighted by atomic mass is 32.1. The summed E-state index contributed by atoms with van der Waals surface area (Å²) in [5, 5.41) is 0. The highest BCUT2D eigenvalue weighted by Crippen LogP contribution is 2.41. The molecule has 1 heterocycles. The summed E-state index contributed by atoms with van der Waals surface area (Å²) >= 11 is 0.519. The highest BCUT2D eigenvalue weighted by molar-refractivity contribution is 7.12. The van der Waals surface area contributed by atoms with Crippen molar-refractivity contribution < 1.29 is 26.7 Å². The molecule has 160 valence electrons. The third-order valence-corrected chi connectivity index (χ3v) is 5.86. The average Bonchev–Trinajstić information content (AvgIpc) is 3.12. The van der Waals surface area contributed by atoms with Crippen molar-refractivity contribution in [1.29, 1.82) is 0 Å². The van der Waals surface area contributed by atoms with E-state index in [1.807, 2.05) is 26.0 Å². The fraction of sp³-hybridized carbons (Fsp3) is 0.304. The number of alkyl halides is 3. The van der Waals surface area contributed by atoms with Gasteiger partial charge in [0, 0.05) is 0 Å². The Labute approximate surface area is 176 Å². The minimum absolute atomic E-state index is 0.253. The van der Waals surface area contributed by atoms with E-state index >= 15 is 0 Å². The van der Waals surface area contributed by atoms with Gasteiger partial charge < -0.3 is 4.74 Å². The van der Waals surface area contributed by atoms with E-state index in [0.717, 1.165) is 24.5 Å². The Balaban J connectivity index is 1.92. The summed E-state index contributed by atoms with van der Waals surface area (Å²) in [4.78, 5) is -0.530. The maximum absolute atomic E-state index is 14.3. The van der Waals surface area contributed by atoms with Gasteiger partial charge in [-0.25, -0.2) is 8.78 Å². The summed E-state index contributed by atoms with van der Waals surface area (Å²) in [6.07, 6.45) is -2.46. The lowest BCUT2D eigenvalue weighted by atomic mass is 10.0. The topological polar surface area (TPSA) is 9.23 Å². The number of aryl methyl sites for hydroxylation is 2. The molecule has 0 saturated heterocycles. The number of hydrogen-bond acceptors (Lipinski definition) is 2. The van der Waals surface area contributed by atoms with Crippen molar-refractivity contribution in [1.82, 2.24) is 0 Å². The summed E-state index contributed by atoms with van der Waals surface area (Å²) in [6.45, 7) is 3.51. The molecule has 0 N–H and O–H groups in total. The minimum atomic E-state index is -4.51. The molecule has 3 rings (SSSR count). The molecule has 0 aliphatic carbocycles. The molecule has 0 unspecified atom stereocenters. The monoisotopic (exact) mass is 440 g/mol. The van der Waals surface area contributed by atoms with Crippen LogP contribution in [0.4, 0.5) is 22.0 Å². The van der Waals surface area contributed by atoms with Crippen LogP contribution in [0.15, 0.2) is 42.5 Å². The molecule has 0 amide bonds. The molecule has 0 bridgehead atoms. The van der Waals surface area contributed by atoms with E-state index < -0.39 is 28.4 Å². The van der Waals surface area contributed by atoms with Crippen molar-refractivity contribution in [2.75, 3.05) is 0 Å². The first-order chi connectivity index (χ1) is 14.2. The predicted octanol–water partition coefficient (Wildman–Crippen LogP) is 7.81. The summed E-state index contributed by atoms with van der Waals surface area (Å²) < 4.78 is 73.7. The molecule has 0 aliphatic rings. The van der Waals surface area contributed by atoms with Gasteiger partial charge in [-0.15, -0.1) is 11.3 Å². The number of ether oxygens (including phenoxy) is 1. The van der Waals surface area contributed by atoms with Crippen LogP contribution in [0, 0.1) is 11.6 Å². The van der Waals surface area contributed by atoms with Gasteiger partial charge in [-0.1, -0.05) is 44.5 Å². The quantitative estimate of drug-likeness (QED) is 0.341. The Bertz CT molecular complexity index is 982. The molecule has 3 aromatic rings. The van der Waals surface area contributed by atoms with Crippen molar-refractivity contribution >= 4 is 11.3 Å². The lowest BCUT2D eigenvalue weighted by Crippen LogP contribution is -2.01. The van der Waals surface area contributed by atoms with Gasteiger partial charge in [0.1, 0.15) is 11.5 Å². The first-order valence-electron chi connectivity index (χ1n) is 9.62. The van der Waals surface area contributed by atoms with E-state index in [9.17, 15) is 22.0 Å². The van der Waals surface area contributed by atoms with Gasteiger partial charge in [0.25, 0.3) is 0 Å². The van der Waals surface area contributed by atoms with Crippen LogP contribution in [0.1, 0.15) is 41.1 Å². The number of rotatable bonds is 7. The SMILES string of the molecule is CCCc1cc(F)c(OCc2sc(C(F)(F)F)cc2-c2ccc(CC)cc2)c(F)c1. The Morgan fingerprint density at radius 1 is 0.900 bits per heavy atom. The normalized spacial score (nSPS) is 11.7. The van der Waals surface area contributed by atoms with Crippen LogP contribution >= 0.6 is 11.3 Å². The third-order valence-electron chi connectivity index (χ3n) is 4.71. The van der Waals surface area contributed by atoms with E-state index in [0.29, 0.717) is 34.4 Å². The van der Waals surface area contributed by atoms with Gasteiger partial charge in [0.15, 0.2) is 17.4 Å². The summed E-state index contributed by atoms with van der Waals surface area (Å²) in [7, 11) is 0. The first kappa shape index (κ1) is 22.3. The zero-order valence-corrected chi connectivity index (χ0v) is 17.4. The fourth-order valence-corrected chi connectivity index (χ4v) is 4.12. The van der Waals surface area contributed by atoms with Crippen molar-refractivity contribution in [2.24, 2.45) is 0 Å². The van der Waals surface area contributed by atoms with Gasteiger partial charge in [-0.05, 0) is 53.3 Å². The minimum Gasteiger partial charge on any atom is -0.482 e. The highest BCUT2D eigenvalue weighted by Gasteiger charge is 2.34. The molecule has 1 aromatic heterocycles. The second-order valence-electron chi connectivity index (χ2n) is 6.92. The zero-order chi connectivity index (χ0) is 21.9. The second-order valence-corrected chi connectivity index (χ2v) is 8.06. The lowest BCUT2D eigenvalue weighted by molar-refractivity contribution is -0.134. The van der Waals surface area contributed by atoms with Crippen molar-refractivity contribution in [3.63, 3.8) is 0 Å². The van der Waals surface area contributed by atoms with Crippen molar-refractivity contribution in [3.05, 3.63) is 75.0 Å². The molecule has 0 radical (unpaired) electrons. The van der Waals surface area contributed by atoms with E-state index in [-0.39, 0.29) is 11.5 Å². The van der Waals surface area contributed by atoms with E-state index in [4.69, 9.17) is 4.74 Å². The van der Waals surface area contributed by atoms with Crippen LogP contribution in [0.25, 0.3) is 11.1 Å². The van der Waals surface area contributed by atoms with Crippen LogP contribution in [0.2, 0.25) is 0 Å². The number of hydrogen-bond donors (Lipinski definition) is 0. The molecular weight excluding hydrogens is 419 g/mol. The van der Waals surface area contributed by atoms with E-state index in [1.54, 1.807) is 12.1 Å². The zero-order valence-electron chi connectivity index (χ0n) is 16.6. The van der Waals surface area contributed by atoms with Crippen LogP contribution in [-0.4, -0.2) is 0 Å². The maximum Gasteiger partial charge on any atom is 0.425 e. The fourth-order valence-electron chi connectivity index (χ4n) is 3.16. The molecule has 0 fully saturated rings. The van der Waals surface area contributed by atoms with Crippen molar-refractivity contribution in [3.8, 4) is 16.9 Å². The Morgan fingerprint density at radius 3 is 2.07 bits per heavy atom. The maximum atomic E-state index is 14.3. The largest absolute Gasteiger partial charge is 0.482 e. The molecule has 0 saturated carbocycles. The predicted molar refractivity (Wildman–Crippen MR) is 109 cm³/mol. The van der Waals surface area contributed by atoms with Gasteiger partial charge >= 0.3 is 6.18 Å². The Hall–Kier alpha value is -2.41. The average molecular weight is 440 g/mol. The van der Waals surface area contributed by atoms with Crippen LogP contribution in [0.3, 0.4) is 0 Å². The Morgan fingerprint density at radius 2 is 1.53 bits per heavy atom. The molecule has 0 spiro atoms. The molecular formula is C23H21F5OS.